The predicted octanol–water partition coefficient (Wildman–Crippen LogP) is 16.9. The van der Waals surface area contributed by atoms with Crippen LogP contribution in [0, 0.1) is 0 Å². The zero-order chi connectivity index (χ0) is 45.3. The van der Waals surface area contributed by atoms with Crippen LogP contribution in [0.2, 0.25) is 0 Å². The van der Waals surface area contributed by atoms with Crippen molar-refractivity contribution in [3.63, 3.8) is 0 Å². The van der Waals surface area contributed by atoms with Gasteiger partial charge in [0.25, 0.3) is 0 Å². The molecule has 0 saturated heterocycles. The van der Waals surface area contributed by atoms with Crippen LogP contribution in [-0.4, -0.2) is 0 Å². The molecule has 15 rings (SSSR count). The smallest absolute Gasteiger partial charge is 0.132 e. The molecule has 0 bridgehead atoms. The lowest BCUT2D eigenvalue weighted by molar-refractivity contribution is 0.436. The van der Waals surface area contributed by atoms with Gasteiger partial charge in [0.2, 0.25) is 0 Å². The van der Waals surface area contributed by atoms with Crippen LogP contribution in [0.4, 0.5) is 17.1 Å². The second-order valence-electron chi connectivity index (χ2n) is 18.6. The summed E-state index contributed by atoms with van der Waals surface area (Å²) in [5, 5.41) is 2.33. The van der Waals surface area contributed by atoms with E-state index in [-0.39, 0.29) is 0 Å². The van der Waals surface area contributed by atoms with E-state index >= 15 is 0 Å². The van der Waals surface area contributed by atoms with E-state index in [4.69, 9.17) is 9.47 Å². The summed E-state index contributed by atoms with van der Waals surface area (Å²) in [7, 11) is 0. The zero-order valence-corrected chi connectivity index (χ0v) is 37.4. The molecule has 0 aromatic heterocycles. The Kier molecular flexibility index (Phi) is 7.92. The van der Waals surface area contributed by atoms with Crippen molar-refractivity contribution in [2.75, 3.05) is 4.90 Å². The van der Waals surface area contributed by atoms with Gasteiger partial charge in [0.1, 0.15) is 23.0 Å². The monoisotopic (exact) mass is 879 g/mol. The van der Waals surface area contributed by atoms with E-state index in [1.54, 1.807) is 0 Å². The maximum absolute atomic E-state index is 6.76. The third-order valence-corrected chi connectivity index (χ3v) is 15.4. The highest BCUT2D eigenvalue weighted by molar-refractivity contribution is 6.06. The van der Waals surface area contributed by atoms with Gasteiger partial charge in [0.05, 0.1) is 22.2 Å². The third kappa shape index (κ3) is 5.06. The summed E-state index contributed by atoms with van der Waals surface area (Å²) in [5.41, 5.74) is 18.9. The summed E-state index contributed by atoms with van der Waals surface area (Å²) in [6.45, 7) is 0. The summed E-state index contributed by atoms with van der Waals surface area (Å²) in [6, 6.07) is 91.1. The molecule has 2 heterocycles. The molecule has 11 aromatic carbocycles. The Hall–Kier alpha value is -8.92. The molecule has 3 heteroatoms. The first kappa shape index (κ1) is 38.2. The minimum Gasteiger partial charge on any atom is -0.457 e. The van der Waals surface area contributed by atoms with Gasteiger partial charge in [0.15, 0.2) is 0 Å². The molecular weight excluding hydrogens is 839 g/mol. The van der Waals surface area contributed by atoms with Gasteiger partial charge in [-0.3, -0.25) is 0 Å². The van der Waals surface area contributed by atoms with Crippen molar-refractivity contribution < 1.29 is 9.47 Å². The van der Waals surface area contributed by atoms with Crippen molar-refractivity contribution in [2.45, 2.75) is 10.8 Å². The fourth-order valence-electron chi connectivity index (χ4n) is 12.7. The molecule has 69 heavy (non-hydrogen) atoms. The van der Waals surface area contributed by atoms with Crippen molar-refractivity contribution in [1.29, 1.82) is 0 Å². The number of ether oxygens (including phenoxy) is 2. The number of benzene rings is 11. The largest absolute Gasteiger partial charge is 0.457 e. The number of para-hydroxylation sites is 5. The molecule has 2 aliphatic heterocycles. The Morgan fingerprint density at radius 3 is 1.29 bits per heavy atom. The molecule has 0 radical (unpaired) electrons. The maximum Gasteiger partial charge on any atom is 0.132 e. The van der Waals surface area contributed by atoms with Gasteiger partial charge in [-0.15, -0.1) is 0 Å². The van der Waals surface area contributed by atoms with Gasteiger partial charge < -0.3 is 14.4 Å². The molecular formula is C66H41NO2. The zero-order valence-electron chi connectivity index (χ0n) is 37.4. The van der Waals surface area contributed by atoms with E-state index in [0.717, 1.165) is 78.8 Å². The topological polar surface area (TPSA) is 21.7 Å². The summed E-state index contributed by atoms with van der Waals surface area (Å²) in [5.74, 6) is 3.53. The van der Waals surface area contributed by atoms with Crippen LogP contribution in [0.5, 0.6) is 23.0 Å². The Bertz CT molecular complexity index is 3850. The van der Waals surface area contributed by atoms with E-state index in [0.29, 0.717) is 0 Å². The molecule has 0 saturated carbocycles. The Morgan fingerprint density at radius 1 is 0.275 bits per heavy atom. The average molecular weight is 880 g/mol. The van der Waals surface area contributed by atoms with Crippen LogP contribution in [0.25, 0.3) is 44.2 Å². The first-order valence-electron chi connectivity index (χ1n) is 23.8. The highest BCUT2D eigenvalue weighted by Gasteiger charge is 2.53. The first-order chi connectivity index (χ1) is 34.2. The van der Waals surface area contributed by atoms with Crippen LogP contribution in [0.3, 0.4) is 0 Å². The maximum atomic E-state index is 6.76. The number of hydrogen-bond acceptors (Lipinski definition) is 3. The van der Waals surface area contributed by atoms with Crippen LogP contribution >= 0.6 is 0 Å². The van der Waals surface area contributed by atoms with E-state index in [1.165, 1.54) is 49.9 Å². The van der Waals surface area contributed by atoms with Crippen molar-refractivity contribution in [2.24, 2.45) is 0 Å². The molecule has 11 aromatic rings. The van der Waals surface area contributed by atoms with Gasteiger partial charge in [-0.2, -0.15) is 0 Å². The summed E-state index contributed by atoms with van der Waals surface area (Å²) in [4.78, 5) is 2.52. The number of nitrogens with zero attached hydrogens (tertiary/aromatic N) is 1. The Morgan fingerprint density at radius 2 is 0.710 bits per heavy atom. The molecule has 0 fully saturated rings. The van der Waals surface area contributed by atoms with Crippen molar-refractivity contribution in [3.8, 4) is 56.4 Å². The number of rotatable bonds is 4. The summed E-state index contributed by atoms with van der Waals surface area (Å²) >= 11 is 0. The fraction of sp³-hybridized carbons (Fsp3) is 0.0303. The van der Waals surface area contributed by atoms with Gasteiger partial charge >= 0.3 is 0 Å². The highest BCUT2D eigenvalue weighted by Crippen LogP contribution is 2.65. The number of anilines is 3. The van der Waals surface area contributed by atoms with Gasteiger partial charge in [-0.05, 0) is 116 Å². The predicted molar refractivity (Wildman–Crippen MR) is 279 cm³/mol. The second-order valence-corrected chi connectivity index (χ2v) is 18.6. The van der Waals surface area contributed by atoms with E-state index in [9.17, 15) is 0 Å². The molecule has 0 unspecified atom stereocenters. The van der Waals surface area contributed by atoms with Crippen molar-refractivity contribution in [3.05, 3.63) is 293 Å². The van der Waals surface area contributed by atoms with Crippen LogP contribution in [0.1, 0.15) is 44.5 Å². The fourth-order valence-corrected chi connectivity index (χ4v) is 12.7. The summed E-state index contributed by atoms with van der Waals surface area (Å²) in [6.07, 6.45) is 0. The average Bonchev–Trinajstić information content (AvgIpc) is 3.86. The number of fused-ring (bicyclic) bond motifs is 19. The van der Waals surface area contributed by atoms with Gasteiger partial charge in [0, 0.05) is 38.9 Å². The van der Waals surface area contributed by atoms with E-state index in [1.807, 2.05) is 0 Å². The van der Waals surface area contributed by atoms with Crippen LogP contribution in [-0.2, 0) is 10.8 Å². The molecule has 322 valence electrons. The summed E-state index contributed by atoms with van der Waals surface area (Å²) < 4.78 is 13.5. The minimum atomic E-state index is -0.625. The molecule has 0 amide bonds. The van der Waals surface area contributed by atoms with Gasteiger partial charge in [-0.25, -0.2) is 0 Å². The van der Waals surface area contributed by atoms with Crippen LogP contribution < -0.4 is 14.4 Å². The quantitative estimate of drug-likeness (QED) is 0.176. The normalized spacial score (nSPS) is 14.3. The molecule has 3 nitrogen and oxygen atoms in total. The third-order valence-electron chi connectivity index (χ3n) is 15.4. The standard InChI is InChI=1S/C66H41NO2/c1-2-19-42(20-3-1)45-22-6-13-31-59(45)67(44-37-38-48-46-23-4-7-25-51(46)65(57(48)40-44)53-27-9-14-33-61(53)68-62-34-15-10-28-54(62)65)60-32-18-21-43-39-50-47-24-5-8-26-52(47)66(58(50)41-49(43)60)55-29-11-16-35-63(55)69-64-36-17-12-30-56(64)66/h1-41H. The van der Waals surface area contributed by atoms with Gasteiger partial charge in [-0.1, -0.05) is 188 Å². The lowest BCUT2D eigenvalue weighted by Gasteiger charge is -2.40. The van der Waals surface area contributed by atoms with E-state index < -0.39 is 10.8 Å². The van der Waals surface area contributed by atoms with Crippen molar-refractivity contribution in [1.82, 2.24) is 0 Å². The Balaban J connectivity index is 1.04. The molecule has 4 aliphatic rings. The minimum absolute atomic E-state index is 0.610. The molecule has 0 atom stereocenters. The SMILES string of the molecule is c1ccc(-c2ccccc2N(c2ccc3c(c2)C2(c4ccccc4Oc4ccccc42)c2ccccc2-3)c2cccc3cc4c(cc23)C2(c3ccccc3Oc3ccccc32)c2ccccc2-4)cc1. The lowest BCUT2D eigenvalue weighted by atomic mass is 9.66. The van der Waals surface area contributed by atoms with Crippen LogP contribution in [0.15, 0.2) is 249 Å². The van der Waals surface area contributed by atoms with E-state index in [2.05, 4.69) is 254 Å². The molecule has 0 N–H and O–H groups in total. The Labute approximate surface area is 400 Å². The molecule has 2 spiro atoms. The highest BCUT2D eigenvalue weighted by atomic mass is 16.5. The van der Waals surface area contributed by atoms with Crippen molar-refractivity contribution >= 4 is 27.8 Å². The second kappa shape index (κ2) is 14.3. The lowest BCUT2D eigenvalue weighted by Crippen LogP contribution is -2.32. The first-order valence-corrected chi connectivity index (χ1v) is 23.8. The number of hydrogen-bond donors (Lipinski definition) is 0. The molecule has 2 aliphatic carbocycles.